The highest BCUT2D eigenvalue weighted by molar-refractivity contribution is 7.92. The first kappa shape index (κ1) is 16.9. The minimum absolute atomic E-state index is 0.0574. The van der Waals surface area contributed by atoms with Crippen LogP contribution in [0.5, 0.6) is 0 Å². The molecule has 1 N–H and O–H groups in total. The van der Waals surface area contributed by atoms with Crippen LogP contribution in [0.1, 0.15) is 12.5 Å². The van der Waals surface area contributed by atoms with Gasteiger partial charge in [-0.25, -0.2) is 8.42 Å². The monoisotopic (exact) mass is 361 g/mol. The van der Waals surface area contributed by atoms with E-state index in [9.17, 15) is 23.3 Å². The Morgan fingerprint density at radius 2 is 1.88 bits per heavy atom. The first-order valence-electron chi connectivity index (χ1n) is 7.46. The van der Waals surface area contributed by atoms with Gasteiger partial charge in [-0.3, -0.25) is 19.6 Å². The molecule has 0 saturated carbocycles. The summed E-state index contributed by atoms with van der Waals surface area (Å²) in [5, 5.41) is 10.6. The van der Waals surface area contributed by atoms with Crippen molar-refractivity contribution in [1.29, 1.82) is 0 Å². The Morgan fingerprint density at radius 1 is 1.20 bits per heavy atom. The van der Waals surface area contributed by atoms with Gasteiger partial charge in [0.05, 0.1) is 9.82 Å². The van der Waals surface area contributed by atoms with E-state index in [1.54, 1.807) is 23.1 Å². The van der Waals surface area contributed by atoms with Crippen molar-refractivity contribution >= 4 is 33.0 Å². The average molecular weight is 361 g/mol. The molecular formula is C16H15N3O5S. The van der Waals surface area contributed by atoms with Crippen molar-refractivity contribution in [1.82, 2.24) is 0 Å². The number of carbonyl (C=O) groups excluding carboxylic acids is 1. The molecule has 0 saturated heterocycles. The Balaban J connectivity index is 1.84. The number of carbonyl (C=O) groups is 1. The molecule has 0 unspecified atom stereocenters. The molecule has 0 spiro atoms. The van der Waals surface area contributed by atoms with Crippen LogP contribution in [0, 0.1) is 10.1 Å². The first-order valence-corrected chi connectivity index (χ1v) is 8.94. The Labute approximate surface area is 144 Å². The minimum atomic E-state index is -3.86. The van der Waals surface area contributed by atoms with Gasteiger partial charge in [0.25, 0.3) is 15.7 Å². The zero-order valence-electron chi connectivity index (χ0n) is 13.3. The van der Waals surface area contributed by atoms with Crippen molar-refractivity contribution in [3.8, 4) is 0 Å². The summed E-state index contributed by atoms with van der Waals surface area (Å²) in [4.78, 5) is 23.2. The molecule has 25 heavy (non-hydrogen) atoms. The molecule has 1 amide bonds. The summed E-state index contributed by atoms with van der Waals surface area (Å²) in [5.74, 6) is -0.0574. The molecule has 1 aliphatic heterocycles. The molecule has 0 atom stereocenters. The maximum Gasteiger partial charge on any atom is 0.269 e. The van der Waals surface area contributed by atoms with Gasteiger partial charge in [0.1, 0.15) is 0 Å². The topological polar surface area (TPSA) is 110 Å². The maximum atomic E-state index is 12.4. The van der Waals surface area contributed by atoms with Gasteiger partial charge in [-0.15, -0.1) is 0 Å². The van der Waals surface area contributed by atoms with E-state index >= 15 is 0 Å². The van der Waals surface area contributed by atoms with Crippen LogP contribution in [0.3, 0.4) is 0 Å². The Kier molecular flexibility index (Phi) is 4.17. The van der Waals surface area contributed by atoms with Gasteiger partial charge in [0.15, 0.2) is 0 Å². The number of nitro benzene ring substituents is 1. The zero-order chi connectivity index (χ0) is 18.2. The first-order chi connectivity index (χ1) is 11.8. The number of sulfonamides is 1. The Bertz CT molecular complexity index is 954. The maximum absolute atomic E-state index is 12.4. The van der Waals surface area contributed by atoms with E-state index in [4.69, 9.17) is 0 Å². The smallest absolute Gasteiger partial charge is 0.269 e. The molecule has 0 fully saturated rings. The van der Waals surface area contributed by atoms with Gasteiger partial charge in [0.2, 0.25) is 5.91 Å². The van der Waals surface area contributed by atoms with Gasteiger partial charge in [-0.1, -0.05) is 0 Å². The lowest BCUT2D eigenvalue weighted by atomic mass is 10.1. The molecule has 1 aliphatic rings. The molecule has 2 aromatic carbocycles. The van der Waals surface area contributed by atoms with Crippen molar-refractivity contribution in [3.05, 3.63) is 58.1 Å². The summed E-state index contributed by atoms with van der Waals surface area (Å²) in [6.07, 6.45) is 0.655. The largest absolute Gasteiger partial charge is 0.312 e. The lowest BCUT2D eigenvalue weighted by Crippen LogP contribution is -2.25. The lowest BCUT2D eigenvalue weighted by Gasteiger charge is -2.15. The number of amides is 1. The van der Waals surface area contributed by atoms with Crippen LogP contribution in [-0.4, -0.2) is 25.8 Å². The molecule has 8 nitrogen and oxygen atoms in total. The number of non-ortho nitro benzene ring substituents is 1. The predicted octanol–water partition coefficient (Wildman–Crippen LogP) is 2.30. The summed E-state index contributed by atoms with van der Waals surface area (Å²) >= 11 is 0. The second-order valence-corrected chi connectivity index (χ2v) is 7.30. The van der Waals surface area contributed by atoms with Gasteiger partial charge in [-0.2, -0.15) is 0 Å². The fraction of sp³-hybridized carbons (Fsp3) is 0.188. The summed E-state index contributed by atoms with van der Waals surface area (Å²) in [5.41, 5.74) is 1.87. The number of fused-ring (bicyclic) bond motifs is 1. The van der Waals surface area contributed by atoms with Crippen molar-refractivity contribution in [2.24, 2.45) is 0 Å². The third-order valence-corrected chi connectivity index (χ3v) is 5.36. The van der Waals surface area contributed by atoms with E-state index in [1.165, 1.54) is 19.1 Å². The van der Waals surface area contributed by atoms with Gasteiger partial charge in [-0.05, 0) is 42.3 Å². The van der Waals surface area contributed by atoms with Gasteiger partial charge < -0.3 is 4.90 Å². The third-order valence-electron chi connectivity index (χ3n) is 3.97. The molecule has 0 bridgehead atoms. The molecule has 2 aromatic rings. The van der Waals surface area contributed by atoms with E-state index in [0.29, 0.717) is 18.7 Å². The summed E-state index contributed by atoms with van der Waals surface area (Å²) in [6.45, 7) is 2.06. The Hall–Kier alpha value is -2.94. The number of hydrogen-bond donors (Lipinski definition) is 1. The molecule has 1 heterocycles. The molecule has 3 rings (SSSR count). The number of hydrogen-bond acceptors (Lipinski definition) is 5. The number of rotatable bonds is 4. The van der Waals surface area contributed by atoms with Crippen LogP contribution >= 0.6 is 0 Å². The van der Waals surface area contributed by atoms with E-state index in [-0.39, 0.29) is 16.5 Å². The number of nitrogens with zero attached hydrogens (tertiary/aromatic N) is 2. The normalized spacial score (nSPS) is 13.4. The predicted molar refractivity (Wildman–Crippen MR) is 92.1 cm³/mol. The minimum Gasteiger partial charge on any atom is -0.312 e. The molecule has 130 valence electrons. The van der Waals surface area contributed by atoms with Crippen LogP contribution in [-0.2, 0) is 21.2 Å². The van der Waals surface area contributed by atoms with Crippen LogP contribution < -0.4 is 9.62 Å². The highest BCUT2D eigenvalue weighted by atomic mass is 32.2. The van der Waals surface area contributed by atoms with Crippen LogP contribution in [0.2, 0.25) is 0 Å². The summed E-state index contributed by atoms with van der Waals surface area (Å²) in [6, 6.07) is 9.64. The van der Waals surface area contributed by atoms with Crippen LogP contribution in [0.15, 0.2) is 47.4 Å². The fourth-order valence-corrected chi connectivity index (χ4v) is 3.80. The number of nitro groups is 1. The van der Waals surface area contributed by atoms with Crippen molar-refractivity contribution in [2.75, 3.05) is 16.2 Å². The lowest BCUT2D eigenvalue weighted by molar-refractivity contribution is -0.384. The molecule has 0 aromatic heterocycles. The Morgan fingerprint density at radius 3 is 2.48 bits per heavy atom. The SMILES string of the molecule is CC(=O)N1CCc2cc(NS(=O)(=O)c3ccc([N+](=O)[O-])cc3)ccc21. The van der Waals surface area contributed by atoms with Crippen molar-refractivity contribution in [2.45, 2.75) is 18.2 Å². The van der Waals surface area contributed by atoms with E-state index in [0.717, 1.165) is 23.4 Å². The standard InChI is InChI=1S/C16H15N3O5S/c1-11(20)18-9-8-12-10-13(2-7-16(12)18)17-25(23,24)15-5-3-14(4-6-15)19(21)22/h2-7,10,17H,8-9H2,1H3. The van der Waals surface area contributed by atoms with E-state index in [2.05, 4.69) is 4.72 Å². The highest BCUT2D eigenvalue weighted by Crippen LogP contribution is 2.31. The number of benzene rings is 2. The van der Waals surface area contributed by atoms with Gasteiger partial charge in [0, 0.05) is 37.0 Å². The number of anilines is 2. The fourth-order valence-electron chi connectivity index (χ4n) is 2.75. The van der Waals surface area contributed by atoms with Gasteiger partial charge >= 0.3 is 0 Å². The molecule has 0 aliphatic carbocycles. The summed E-state index contributed by atoms with van der Waals surface area (Å²) < 4.78 is 27.3. The number of nitrogens with one attached hydrogen (secondary N) is 1. The second kappa shape index (κ2) is 6.17. The summed E-state index contributed by atoms with van der Waals surface area (Å²) in [7, 11) is -3.86. The molecular weight excluding hydrogens is 346 g/mol. The van der Waals surface area contributed by atoms with E-state index in [1.807, 2.05) is 0 Å². The second-order valence-electron chi connectivity index (χ2n) is 5.62. The highest BCUT2D eigenvalue weighted by Gasteiger charge is 2.23. The molecule has 9 heteroatoms. The van der Waals surface area contributed by atoms with E-state index < -0.39 is 14.9 Å². The third kappa shape index (κ3) is 3.31. The zero-order valence-corrected chi connectivity index (χ0v) is 14.1. The molecule has 0 radical (unpaired) electrons. The van der Waals surface area contributed by atoms with Crippen LogP contribution in [0.25, 0.3) is 0 Å². The average Bonchev–Trinajstić information content (AvgIpc) is 2.98. The van der Waals surface area contributed by atoms with Crippen molar-refractivity contribution < 1.29 is 18.1 Å². The van der Waals surface area contributed by atoms with Crippen molar-refractivity contribution in [3.63, 3.8) is 0 Å². The quantitative estimate of drug-likeness (QED) is 0.664. The van der Waals surface area contributed by atoms with Crippen LogP contribution in [0.4, 0.5) is 17.1 Å².